The lowest BCUT2D eigenvalue weighted by molar-refractivity contribution is -0.119. The number of primary amides is 1. The zero-order valence-corrected chi connectivity index (χ0v) is 17.5. The van der Waals surface area contributed by atoms with Gasteiger partial charge in [-0.1, -0.05) is 24.3 Å². The van der Waals surface area contributed by atoms with Gasteiger partial charge in [0.15, 0.2) is 18.1 Å². The fraction of sp³-hybridized carbons (Fsp3) is 0.136. The van der Waals surface area contributed by atoms with E-state index in [-0.39, 0.29) is 25.0 Å². The first-order valence-electron chi connectivity index (χ1n) is 9.28. The molecule has 9 heteroatoms. The maximum Gasteiger partial charge on any atom is 0.265 e. The number of nitrogens with two attached hydrogens (primary N) is 1. The summed E-state index contributed by atoms with van der Waals surface area (Å²) < 4.78 is 10.6. The van der Waals surface area contributed by atoms with Crippen LogP contribution < -0.4 is 25.8 Å². The maximum atomic E-state index is 12.7. The predicted molar refractivity (Wildman–Crippen MR) is 118 cm³/mol. The molecule has 0 aliphatic carbocycles. The third-order valence-corrected chi connectivity index (χ3v) is 5.08. The van der Waals surface area contributed by atoms with Gasteiger partial charge in [-0.2, -0.15) is 0 Å². The van der Waals surface area contributed by atoms with Crippen molar-refractivity contribution in [3.8, 4) is 11.5 Å². The lowest BCUT2D eigenvalue weighted by Gasteiger charge is -2.13. The lowest BCUT2D eigenvalue weighted by Crippen LogP contribution is -2.24. The highest BCUT2D eigenvalue weighted by molar-refractivity contribution is 7.12. The number of rotatable bonds is 9. The standard InChI is InChI=1S/C22H21N3O5S/c1-29-18-11-14(8-9-17(18)30-13-20(23)26)12-24-21(27)15-5-2-3-6-16(15)25-22(28)19-7-4-10-31-19/h2-11H,12-13H2,1H3,(H2,23,26)(H,24,27)(H,25,28). The number of ether oxygens (including phenoxy) is 2. The summed E-state index contributed by atoms with van der Waals surface area (Å²) in [5.41, 5.74) is 6.62. The van der Waals surface area contributed by atoms with E-state index in [1.807, 2.05) is 5.38 Å². The summed E-state index contributed by atoms with van der Waals surface area (Å²) in [6.45, 7) is -0.0427. The first-order valence-corrected chi connectivity index (χ1v) is 10.2. The molecule has 0 fully saturated rings. The van der Waals surface area contributed by atoms with Crippen molar-refractivity contribution in [1.82, 2.24) is 5.32 Å². The van der Waals surface area contributed by atoms with Crippen molar-refractivity contribution in [2.24, 2.45) is 5.73 Å². The molecule has 2 aromatic carbocycles. The third kappa shape index (κ3) is 5.83. The molecule has 0 unspecified atom stereocenters. The minimum Gasteiger partial charge on any atom is -0.493 e. The number of hydrogen-bond acceptors (Lipinski definition) is 6. The molecule has 0 aliphatic heterocycles. The zero-order valence-electron chi connectivity index (χ0n) is 16.7. The fourth-order valence-electron chi connectivity index (χ4n) is 2.75. The Morgan fingerprint density at radius 2 is 1.81 bits per heavy atom. The Bertz CT molecular complexity index is 1080. The molecular weight excluding hydrogens is 418 g/mol. The molecule has 8 nitrogen and oxygen atoms in total. The molecule has 4 N–H and O–H groups in total. The van der Waals surface area contributed by atoms with Gasteiger partial charge in [0.05, 0.1) is 23.2 Å². The van der Waals surface area contributed by atoms with Gasteiger partial charge in [0.25, 0.3) is 17.7 Å². The maximum absolute atomic E-state index is 12.7. The summed E-state index contributed by atoms with van der Waals surface area (Å²) >= 11 is 1.32. The monoisotopic (exact) mass is 439 g/mol. The van der Waals surface area contributed by atoms with Crippen LogP contribution in [-0.2, 0) is 11.3 Å². The number of carbonyl (C=O) groups is 3. The number of benzene rings is 2. The SMILES string of the molecule is COc1cc(CNC(=O)c2ccccc2NC(=O)c2cccs2)ccc1OCC(N)=O. The summed E-state index contributed by atoms with van der Waals surface area (Å²) in [4.78, 5) is 36.5. The van der Waals surface area contributed by atoms with E-state index in [0.717, 1.165) is 5.56 Å². The van der Waals surface area contributed by atoms with E-state index in [2.05, 4.69) is 10.6 Å². The largest absolute Gasteiger partial charge is 0.493 e. The average Bonchev–Trinajstić information content (AvgIpc) is 3.31. The van der Waals surface area contributed by atoms with Crippen molar-refractivity contribution in [3.05, 3.63) is 76.0 Å². The average molecular weight is 439 g/mol. The number of para-hydroxylation sites is 1. The van der Waals surface area contributed by atoms with E-state index < -0.39 is 5.91 Å². The Morgan fingerprint density at radius 1 is 1.00 bits per heavy atom. The molecule has 31 heavy (non-hydrogen) atoms. The normalized spacial score (nSPS) is 10.2. The number of hydrogen-bond donors (Lipinski definition) is 3. The molecule has 3 rings (SSSR count). The molecule has 0 saturated carbocycles. The summed E-state index contributed by atoms with van der Waals surface area (Å²) in [5, 5.41) is 7.42. The molecule has 0 aliphatic rings. The van der Waals surface area contributed by atoms with Crippen LogP contribution in [0.4, 0.5) is 5.69 Å². The Balaban J connectivity index is 1.67. The number of anilines is 1. The van der Waals surface area contributed by atoms with Crippen molar-refractivity contribution < 1.29 is 23.9 Å². The van der Waals surface area contributed by atoms with Gasteiger partial charge in [-0.3, -0.25) is 14.4 Å². The minimum absolute atomic E-state index is 0.221. The Hall–Kier alpha value is -3.85. The van der Waals surface area contributed by atoms with E-state index in [1.54, 1.807) is 54.6 Å². The molecule has 0 radical (unpaired) electrons. The number of amides is 3. The van der Waals surface area contributed by atoms with Crippen molar-refractivity contribution >= 4 is 34.7 Å². The highest BCUT2D eigenvalue weighted by Crippen LogP contribution is 2.28. The fourth-order valence-corrected chi connectivity index (χ4v) is 3.37. The molecule has 3 aromatic rings. The molecule has 0 spiro atoms. The number of methoxy groups -OCH3 is 1. The molecule has 1 heterocycles. The molecule has 0 saturated heterocycles. The Morgan fingerprint density at radius 3 is 2.52 bits per heavy atom. The summed E-state index contributed by atoms with van der Waals surface area (Å²) in [5.74, 6) is -0.417. The van der Waals surface area contributed by atoms with Crippen molar-refractivity contribution in [2.45, 2.75) is 6.54 Å². The van der Waals surface area contributed by atoms with Crippen molar-refractivity contribution in [3.63, 3.8) is 0 Å². The van der Waals surface area contributed by atoms with E-state index in [9.17, 15) is 14.4 Å². The van der Waals surface area contributed by atoms with E-state index in [1.165, 1.54) is 18.4 Å². The summed E-state index contributed by atoms with van der Waals surface area (Å²) in [6.07, 6.45) is 0. The summed E-state index contributed by atoms with van der Waals surface area (Å²) in [7, 11) is 1.47. The van der Waals surface area contributed by atoms with Crippen LogP contribution in [0.3, 0.4) is 0 Å². The van der Waals surface area contributed by atoms with Gasteiger partial charge in [0, 0.05) is 6.54 Å². The van der Waals surface area contributed by atoms with Gasteiger partial charge >= 0.3 is 0 Å². The Labute approximate surface area is 183 Å². The molecule has 3 amide bonds. The quantitative estimate of drug-likeness (QED) is 0.474. The second-order valence-electron chi connectivity index (χ2n) is 6.40. The van der Waals surface area contributed by atoms with E-state index in [0.29, 0.717) is 27.6 Å². The highest BCUT2D eigenvalue weighted by Gasteiger charge is 2.15. The number of carbonyl (C=O) groups excluding carboxylic acids is 3. The van der Waals surface area contributed by atoms with Crippen LogP contribution in [0.5, 0.6) is 11.5 Å². The van der Waals surface area contributed by atoms with Gasteiger partial charge in [0.1, 0.15) is 0 Å². The van der Waals surface area contributed by atoms with Gasteiger partial charge in [-0.15, -0.1) is 11.3 Å². The van der Waals surface area contributed by atoms with Crippen LogP contribution in [0.25, 0.3) is 0 Å². The van der Waals surface area contributed by atoms with Gasteiger partial charge in [-0.25, -0.2) is 0 Å². The Kier molecular flexibility index (Phi) is 7.23. The smallest absolute Gasteiger partial charge is 0.265 e. The molecular formula is C22H21N3O5S. The van der Waals surface area contributed by atoms with Crippen LogP contribution >= 0.6 is 11.3 Å². The summed E-state index contributed by atoms with van der Waals surface area (Å²) in [6, 6.07) is 15.4. The van der Waals surface area contributed by atoms with Gasteiger partial charge < -0.3 is 25.8 Å². The molecule has 160 valence electrons. The third-order valence-electron chi connectivity index (χ3n) is 4.22. The second kappa shape index (κ2) is 10.3. The van der Waals surface area contributed by atoms with Crippen LogP contribution in [0.2, 0.25) is 0 Å². The minimum atomic E-state index is -0.594. The topological polar surface area (TPSA) is 120 Å². The first-order chi connectivity index (χ1) is 15.0. The van der Waals surface area contributed by atoms with Crippen LogP contribution in [0, 0.1) is 0 Å². The van der Waals surface area contributed by atoms with E-state index >= 15 is 0 Å². The number of thiophene rings is 1. The van der Waals surface area contributed by atoms with Crippen LogP contribution in [0.15, 0.2) is 60.0 Å². The van der Waals surface area contributed by atoms with Crippen LogP contribution in [0.1, 0.15) is 25.6 Å². The van der Waals surface area contributed by atoms with E-state index in [4.69, 9.17) is 15.2 Å². The molecule has 0 bridgehead atoms. The van der Waals surface area contributed by atoms with Gasteiger partial charge in [0.2, 0.25) is 0 Å². The predicted octanol–water partition coefficient (Wildman–Crippen LogP) is 2.80. The number of nitrogens with one attached hydrogen (secondary N) is 2. The zero-order chi connectivity index (χ0) is 22.2. The lowest BCUT2D eigenvalue weighted by atomic mass is 10.1. The highest BCUT2D eigenvalue weighted by atomic mass is 32.1. The van der Waals surface area contributed by atoms with Gasteiger partial charge in [-0.05, 0) is 41.3 Å². The van der Waals surface area contributed by atoms with Crippen molar-refractivity contribution in [1.29, 1.82) is 0 Å². The van der Waals surface area contributed by atoms with Crippen LogP contribution in [-0.4, -0.2) is 31.4 Å². The first kappa shape index (κ1) is 21.8. The molecule has 0 atom stereocenters. The molecule has 1 aromatic heterocycles. The van der Waals surface area contributed by atoms with Crippen molar-refractivity contribution in [2.75, 3.05) is 19.0 Å². The second-order valence-corrected chi connectivity index (χ2v) is 7.35.